The number of halogens is 1. The summed E-state index contributed by atoms with van der Waals surface area (Å²) in [6.07, 6.45) is 0. The van der Waals surface area contributed by atoms with E-state index in [9.17, 15) is 22.7 Å². The number of nitrogens with one attached hydrogen (secondary N) is 4. The molecule has 0 radical (unpaired) electrons. The van der Waals surface area contributed by atoms with Gasteiger partial charge in [-0.05, 0) is 48.0 Å². The predicted octanol–water partition coefficient (Wildman–Crippen LogP) is 4.76. The molecule has 0 aliphatic rings. The number of para-hydroxylation sites is 2. The molecular formula is C30H27FN6O5S. The summed E-state index contributed by atoms with van der Waals surface area (Å²) in [6, 6.07) is 23.2. The van der Waals surface area contributed by atoms with E-state index in [0.29, 0.717) is 28.0 Å². The second-order valence-electron chi connectivity index (χ2n) is 9.37. The van der Waals surface area contributed by atoms with Gasteiger partial charge in [-0.25, -0.2) is 22.8 Å². The average Bonchev–Trinajstić information content (AvgIpc) is 2.97. The number of hydrogen-bond acceptors (Lipinski definition) is 9. The van der Waals surface area contributed by atoms with Gasteiger partial charge < -0.3 is 25.8 Å². The van der Waals surface area contributed by atoms with Gasteiger partial charge in [0, 0.05) is 36.1 Å². The molecule has 0 atom stereocenters. The van der Waals surface area contributed by atoms with Crippen molar-refractivity contribution in [2.24, 2.45) is 0 Å². The Morgan fingerprint density at radius 2 is 1.63 bits per heavy atom. The molecule has 0 aliphatic carbocycles. The normalized spacial score (nSPS) is 11.2. The lowest BCUT2D eigenvalue weighted by atomic mass is 10.2. The molecule has 13 heteroatoms. The molecule has 0 aliphatic heterocycles. The molecule has 5 aromatic rings. The van der Waals surface area contributed by atoms with E-state index in [1.807, 2.05) is 0 Å². The highest BCUT2D eigenvalue weighted by Gasteiger charge is 2.20. The van der Waals surface area contributed by atoms with Crippen LogP contribution in [0.5, 0.6) is 11.5 Å². The molecule has 4 aromatic carbocycles. The van der Waals surface area contributed by atoms with Crippen molar-refractivity contribution >= 4 is 50.0 Å². The van der Waals surface area contributed by atoms with Crippen molar-refractivity contribution < 1.29 is 27.4 Å². The van der Waals surface area contributed by atoms with E-state index in [4.69, 9.17) is 4.74 Å². The Bertz CT molecular complexity index is 1900. The summed E-state index contributed by atoms with van der Waals surface area (Å²) in [5, 5.41) is 18.6. The minimum atomic E-state index is -4.20. The number of aromatic nitrogens is 2. The van der Waals surface area contributed by atoms with E-state index in [0.717, 1.165) is 0 Å². The van der Waals surface area contributed by atoms with Gasteiger partial charge >= 0.3 is 0 Å². The number of aromatic hydroxyl groups is 1. The molecule has 11 nitrogen and oxygen atoms in total. The van der Waals surface area contributed by atoms with Crippen LogP contribution in [0, 0.1) is 5.82 Å². The number of hydrogen-bond donors (Lipinski definition) is 5. The lowest BCUT2D eigenvalue weighted by molar-refractivity contribution is -0.115. The molecule has 1 aromatic heterocycles. The van der Waals surface area contributed by atoms with Crippen molar-refractivity contribution in [3.05, 3.63) is 102 Å². The molecule has 220 valence electrons. The molecule has 0 saturated heterocycles. The number of phenolic OH excluding ortho intramolecular Hbond substituents is 1. The smallest absolute Gasteiger partial charge is 0.263 e. The van der Waals surface area contributed by atoms with Crippen LogP contribution < -0.4 is 25.4 Å². The molecule has 0 bridgehead atoms. The second-order valence-corrected chi connectivity index (χ2v) is 11.1. The van der Waals surface area contributed by atoms with Crippen LogP contribution in [-0.4, -0.2) is 43.1 Å². The maximum Gasteiger partial charge on any atom is 0.263 e. The van der Waals surface area contributed by atoms with Crippen LogP contribution in [0.25, 0.3) is 11.0 Å². The summed E-state index contributed by atoms with van der Waals surface area (Å²) < 4.78 is 48.0. The maximum absolute atomic E-state index is 13.5. The Morgan fingerprint density at radius 3 is 2.37 bits per heavy atom. The van der Waals surface area contributed by atoms with Gasteiger partial charge in [0.25, 0.3) is 10.0 Å². The third-order valence-electron chi connectivity index (χ3n) is 6.12. The van der Waals surface area contributed by atoms with Gasteiger partial charge in [-0.2, -0.15) is 0 Å². The zero-order valence-electron chi connectivity index (χ0n) is 22.8. The van der Waals surface area contributed by atoms with E-state index in [1.54, 1.807) is 48.5 Å². The van der Waals surface area contributed by atoms with Gasteiger partial charge in [0.15, 0.2) is 11.6 Å². The molecule has 0 saturated carbocycles. The Morgan fingerprint density at radius 1 is 0.884 bits per heavy atom. The fourth-order valence-corrected chi connectivity index (χ4v) is 5.22. The number of fused-ring (bicyclic) bond motifs is 1. The topological polar surface area (TPSA) is 155 Å². The Labute approximate surface area is 246 Å². The van der Waals surface area contributed by atoms with Crippen LogP contribution in [0.4, 0.5) is 27.4 Å². The van der Waals surface area contributed by atoms with Crippen LogP contribution in [0.3, 0.4) is 0 Å². The summed E-state index contributed by atoms with van der Waals surface area (Å²) in [7, 11) is -2.75. The van der Waals surface area contributed by atoms with Crippen LogP contribution in [-0.2, 0) is 21.4 Å². The Hall–Kier alpha value is -5.27. The molecule has 0 spiro atoms. The molecule has 0 unspecified atom stereocenters. The predicted molar refractivity (Wildman–Crippen MR) is 161 cm³/mol. The third-order valence-corrected chi connectivity index (χ3v) is 7.46. The number of amides is 1. The fourth-order valence-electron chi connectivity index (χ4n) is 4.17. The standard InChI is InChI=1S/C30H27FN6O5S/c1-42-24-14-22(13-23(38)16-24)34-29-30(36-27-11-3-2-10-26(27)35-29)37-43(40,41)25-9-5-8-21(15-25)33-28(39)18-32-17-19-6-4-7-20(31)12-19/h2-16,32,38H,17-18H2,1H3,(H,33,39)(H,34,35)(H,36,37). The number of benzene rings is 4. The SMILES string of the molecule is COc1cc(O)cc(Nc2nc3ccccc3nc2NS(=O)(=O)c2cccc(NC(=O)CNCc3cccc(F)c3)c2)c1. The summed E-state index contributed by atoms with van der Waals surface area (Å²) in [5.74, 6) is -0.470. The molecule has 0 fully saturated rings. The molecule has 1 heterocycles. The average molecular weight is 603 g/mol. The fraction of sp³-hybridized carbons (Fsp3) is 0.100. The first-order valence-electron chi connectivity index (χ1n) is 13.0. The number of anilines is 4. The number of nitrogens with zero attached hydrogens (tertiary/aromatic N) is 2. The summed E-state index contributed by atoms with van der Waals surface area (Å²) in [6.45, 7) is 0.204. The first kappa shape index (κ1) is 29.2. The zero-order valence-corrected chi connectivity index (χ0v) is 23.7. The molecule has 43 heavy (non-hydrogen) atoms. The van der Waals surface area contributed by atoms with Gasteiger partial charge in [0.2, 0.25) is 5.91 Å². The van der Waals surface area contributed by atoms with Gasteiger partial charge in [-0.3, -0.25) is 9.52 Å². The quantitative estimate of drug-likeness (QED) is 0.144. The highest BCUT2D eigenvalue weighted by atomic mass is 32.2. The summed E-state index contributed by atoms with van der Waals surface area (Å²) in [4.78, 5) is 21.4. The number of ether oxygens (including phenoxy) is 1. The van der Waals surface area contributed by atoms with Gasteiger partial charge in [-0.1, -0.05) is 30.3 Å². The van der Waals surface area contributed by atoms with E-state index < -0.39 is 15.9 Å². The van der Waals surface area contributed by atoms with E-state index >= 15 is 0 Å². The van der Waals surface area contributed by atoms with Crippen molar-refractivity contribution in [3.63, 3.8) is 0 Å². The van der Waals surface area contributed by atoms with E-state index in [1.165, 1.54) is 49.6 Å². The minimum absolute atomic E-state index is 0.0687. The van der Waals surface area contributed by atoms with Crippen LogP contribution in [0.1, 0.15) is 5.56 Å². The van der Waals surface area contributed by atoms with Crippen LogP contribution in [0.2, 0.25) is 0 Å². The maximum atomic E-state index is 13.5. The lowest BCUT2D eigenvalue weighted by Gasteiger charge is -2.15. The zero-order chi connectivity index (χ0) is 30.4. The second kappa shape index (κ2) is 12.7. The number of carbonyl (C=O) groups excluding carboxylic acids is 1. The first-order chi connectivity index (χ1) is 20.7. The number of phenols is 1. The molecule has 5 N–H and O–H groups in total. The van der Waals surface area contributed by atoms with E-state index in [-0.39, 0.29) is 46.9 Å². The van der Waals surface area contributed by atoms with Gasteiger partial charge in [-0.15, -0.1) is 0 Å². The van der Waals surface area contributed by atoms with Crippen molar-refractivity contribution in [3.8, 4) is 11.5 Å². The largest absolute Gasteiger partial charge is 0.508 e. The van der Waals surface area contributed by atoms with Gasteiger partial charge in [0.05, 0.1) is 29.6 Å². The van der Waals surface area contributed by atoms with Gasteiger partial charge in [0.1, 0.15) is 17.3 Å². The van der Waals surface area contributed by atoms with Crippen molar-refractivity contribution in [1.29, 1.82) is 0 Å². The monoisotopic (exact) mass is 602 g/mol. The number of methoxy groups -OCH3 is 1. The lowest BCUT2D eigenvalue weighted by Crippen LogP contribution is -2.27. The summed E-state index contributed by atoms with van der Waals surface area (Å²) >= 11 is 0. The first-order valence-corrected chi connectivity index (χ1v) is 14.5. The van der Waals surface area contributed by atoms with E-state index in [2.05, 4.69) is 30.6 Å². The van der Waals surface area contributed by atoms with Crippen LogP contribution >= 0.6 is 0 Å². The summed E-state index contributed by atoms with van der Waals surface area (Å²) in [5.41, 5.74) is 2.29. The number of carbonyl (C=O) groups is 1. The number of sulfonamides is 1. The minimum Gasteiger partial charge on any atom is -0.508 e. The Balaban J connectivity index is 1.34. The molecular weight excluding hydrogens is 575 g/mol. The molecule has 1 amide bonds. The van der Waals surface area contributed by atoms with Crippen LogP contribution in [0.15, 0.2) is 95.9 Å². The highest BCUT2D eigenvalue weighted by molar-refractivity contribution is 7.92. The third kappa shape index (κ3) is 7.52. The van der Waals surface area contributed by atoms with Crippen molar-refractivity contribution in [2.45, 2.75) is 11.4 Å². The van der Waals surface area contributed by atoms with Crippen molar-refractivity contribution in [1.82, 2.24) is 15.3 Å². The molecule has 5 rings (SSSR count). The number of rotatable bonds is 11. The highest BCUT2D eigenvalue weighted by Crippen LogP contribution is 2.31. The van der Waals surface area contributed by atoms with Crippen molar-refractivity contribution in [2.75, 3.05) is 29.0 Å². The Kier molecular flexibility index (Phi) is 8.64.